The van der Waals surface area contributed by atoms with E-state index in [1.165, 1.54) is 0 Å². The molecule has 0 N–H and O–H groups in total. The Labute approximate surface area is 107 Å². The molecular formula is C13H12O4Si. The molecule has 0 saturated carbocycles. The van der Waals surface area contributed by atoms with Gasteiger partial charge >= 0.3 is 9.53 Å². The lowest BCUT2D eigenvalue weighted by Crippen LogP contribution is -2.32. The van der Waals surface area contributed by atoms with Crippen molar-refractivity contribution >= 4 is 9.53 Å². The van der Waals surface area contributed by atoms with Crippen molar-refractivity contribution in [3.8, 4) is 23.0 Å². The van der Waals surface area contributed by atoms with E-state index in [2.05, 4.69) is 0 Å². The predicted octanol–water partition coefficient (Wildman–Crippen LogP) is 2.26. The molecule has 0 saturated heterocycles. The van der Waals surface area contributed by atoms with Crippen LogP contribution in [-0.2, 0) is 0 Å². The minimum Gasteiger partial charge on any atom is -0.493 e. The van der Waals surface area contributed by atoms with E-state index in [1.807, 2.05) is 48.5 Å². The van der Waals surface area contributed by atoms with Crippen molar-refractivity contribution in [2.24, 2.45) is 0 Å². The fourth-order valence-corrected chi connectivity index (χ4v) is 3.09. The van der Waals surface area contributed by atoms with Gasteiger partial charge in [0.1, 0.15) is 11.5 Å². The summed E-state index contributed by atoms with van der Waals surface area (Å²) in [6.45, 7) is 0. The van der Waals surface area contributed by atoms with E-state index in [0.29, 0.717) is 11.5 Å². The highest BCUT2D eigenvalue weighted by molar-refractivity contribution is 6.41. The van der Waals surface area contributed by atoms with Gasteiger partial charge in [-0.15, -0.1) is 0 Å². The molecule has 0 atom stereocenters. The minimum absolute atomic E-state index is 0.643. The van der Waals surface area contributed by atoms with Crippen LogP contribution in [0.15, 0.2) is 48.5 Å². The normalized spacial score (nSPS) is 13.4. The SMILES string of the molecule is COc1ccccc1O[SiH]1Oc2ccccc2O1. The van der Waals surface area contributed by atoms with Crippen molar-refractivity contribution in [3.63, 3.8) is 0 Å². The summed E-state index contributed by atoms with van der Waals surface area (Å²) < 4.78 is 22.3. The monoisotopic (exact) mass is 260 g/mol. The van der Waals surface area contributed by atoms with E-state index in [9.17, 15) is 0 Å². The van der Waals surface area contributed by atoms with Crippen LogP contribution in [0, 0.1) is 0 Å². The lowest BCUT2D eigenvalue weighted by atomic mass is 10.3. The van der Waals surface area contributed by atoms with E-state index < -0.39 is 9.53 Å². The zero-order chi connectivity index (χ0) is 12.4. The van der Waals surface area contributed by atoms with E-state index in [-0.39, 0.29) is 0 Å². The number of hydrogen-bond acceptors (Lipinski definition) is 4. The van der Waals surface area contributed by atoms with Crippen molar-refractivity contribution in [2.75, 3.05) is 7.11 Å². The van der Waals surface area contributed by atoms with Gasteiger partial charge in [-0.25, -0.2) is 0 Å². The van der Waals surface area contributed by atoms with Gasteiger partial charge in [0.05, 0.1) is 7.11 Å². The smallest absolute Gasteiger partial charge is 0.493 e. The molecule has 4 nitrogen and oxygen atoms in total. The molecule has 1 aliphatic rings. The molecule has 5 heteroatoms. The Bertz CT molecular complexity index is 533. The van der Waals surface area contributed by atoms with Gasteiger partial charge in [-0.05, 0) is 24.3 Å². The summed E-state index contributed by atoms with van der Waals surface area (Å²) >= 11 is 0. The average Bonchev–Trinajstić information content (AvgIpc) is 2.81. The van der Waals surface area contributed by atoms with Gasteiger partial charge in [0.25, 0.3) is 0 Å². The molecule has 2 aromatic carbocycles. The third-order valence-corrected chi connectivity index (χ3v) is 3.93. The van der Waals surface area contributed by atoms with E-state index in [1.54, 1.807) is 7.11 Å². The second-order valence-corrected chi connectivity index (χ2v) is 5.02. The number of benzene rings is 2. The van der Waals surface area contributed by atoms with Crippen LogP contribution in [0.25, 0.3) is 0 Å². The van der Waals surface area contributed by atoms with E-state index in [0.717, 1.165) is 11.5 Å². The third-order valence-electron chi connectivity index (χ3n) is 2.59. The maximum absolute atomic E-state index is 5.75. The largest absolute Gasteiger partial charge is 0.683 e. The van der Waals surface area contributed by atoms with Crippen molar-refractivity contribution in [1.29, 1.82) is 0 Å². The molecule has 0 amide bonds. The third kappa shape index (κ3) is 2.00. The molecule has 0 unspecified atom stereocenters. The van der Waals surface area contributed by atoms with Crippen molar-refractivity contribution < 1.29 is 18.0 Å². The zero-order valence-corrected chi connectivity index (χ0v) is 11.0. The maximum atomic E-state index is 5.75. The number of fused-ring (bicyclic) bond motifs is 1. The molecule has 0 bridgehead atoms. The molecule has 1 aliphatic heterocycles. The van der Waals surface area contributed by atoms with Gasteiger partial charge in [0.15, 0.2) is 11.5 Å². The average molecular weight is 260 g/mol. The van der Waals surface area contributed by atoms with E-state index in [4.69, 9.17) is 18.0 Å². The first-order valence-electron chi connectivity index (χ1n) is 5.59. The van der Waals surface area contributed by atoms with Crippen molar-refractivity contribution in [1.82, 2.24) is 0 Å². The first-order chi connectivity index (χ1) is 8.86. The number of hydrogen-bond donors (Lipinski definition) is 0. The molecular weight excluding hydrogens is 248 g/mol. The fourth-order valence-electron chi connectivity index (χ4n) is 1.74. The van der Waals surface area contributed by atoms with E-state index >= 15 is 0 Å². The molecule has 1 heterocycles. The molecule has 0 aromatic heterocycles. The lowest BCUT2D eigenvalue weighted by Gasteiger charge is -2.12. The standard InChI is InChI=1S/C13H12O4Si/c1-14-10-6-2-3-7-11(10)15-18-16-12-8-4-5-9-13(12)17-18/h2-9,18H,1H3. The Morgan fingerprint density at radius 2 is 1.39 bits per heavy atom. The van der Waals surface area contributed by atoms with Crippen molar-refractivity contribution in [2.45, 2.75) is 0 Å². The number of methoxy groups -OCH3 is 1. The van der Waals surface area contributed by atoms with Crippen LogP contribution in [0.4, 0.5) is 0 Å². The van der Waals surface area contributed by atoms with Crippen LogP contribution in [0.2, 0.25) is 0 Å². The lowest BCUT2D eigenvalue weighted by molar-refractivity contribution is 0.331. The number of para-hydroxylation sites is 4. The minimum atomic E-state index is -2.22. The quantitative estimate of drug-likeness (QED) is 0.793. The molecule has 0 fully saturated rings. The predicted molar refractivity (Wildman–Crippen MR) is 68.5 cm³/mol. The Morgan fingerprint density at radius 3 is 2.00 bits per heavy atom. The highest BCUT2D eigenvalue weighted by Crippen LogP contribution is 2.34. The highest BCUT2D eigenvalue weighted by Gasteiger charge is 2.31. The van der Waals surface area contributed by atoms with Gasteiger partial charge in [-0.3, -0.25) is 0 Å². The zero-order valence-electron chi connectivity index (χ0n) is 9.83. The van der Waals surface area contributed by atoms with Crippen LogP contribution < -0.4 is 18.0 Å². The molecule has 92 valence electrons. The van der Waals surface area contributed by atoms with Crippen molar-refractivity contribution in [3.05, 3.63) is 48.5 Å². The summed E-state index contributed by atoms with van der Waals surface area (Å²) in [5.41, 5.74) is 0. The Kier molecular flexibility index (Phi) is 2.82. The summed E-state index contributed by atoms with van der Waals surface area (Å²) in [4.78, 5) is 0. The van der Waals surface area contributed by atoms with Gasteiger partial charge in [-0.1, -0.05) is 24.3 Å². The molecule has 0 spiro atoms. The second-order valence-electron chi connectivity index (χ2n) is 3.74. The number of ether oxygens (including phenoxy) is 1. The second kappa shape index (κ2) is 4.62. The first-order valence-corrected chi connectivity index (χ1v) is 7.00. The summed E-state index contributed by atoms with van der Waals surface area (Å²) in [7, 11) is -0.611. The Balaban J connectivity index is 1.76. The van der Waals surface area contributed by atoms with Crippen LogP contribution in [-0.4, -0.2) is 16.6 Å². The van der Waals surface area contributed by atoms with Gasteiger partial charge in [-0.2, -0.15) is 0 Å². The summed E-state index contributed by atoms with van der Waals surface area (Å²) in [6, 6.07) is 15.0. The molecule has 2 aromatic rings. The first kappa shape index (κ1) is 11.0. The molecule has 3 rings (SSSR count). The summed E-state index contributed by atoms with van der Waals surface area (Å²) in [6.07, 6.45) is 0. The van der Waals surface area contributed by atoms with Crippen LogP contribution in [0.3, 0.4) is 0 Å². The number of rotatable bonds is 3. The van der Waals surface area contributed by atoms with Gasteiger partial charge < -0.3 is 18.0 Å². The Hall–Kier alpha value is -2.14. The topological polar surface area (TPSA) is 36.9 Å². The van der Waals surface area contributed by atoms with Gasteiger partial charge in [0.2, 0.25) is 0 Å². The molecule has 0 aliphatic carbocycles. The van der Waals surface area contributed by atoms with Gasteiger partial charge in [0, 0.05) is 0 Å². The highest BCUT2D eigenvalue weighted by atomic mass is 28.3. The summed E-state index contributed by atoms with van der Waals surface area (Å²) in [5, 5.41) is 0. The van der Waals surface area contributed by atoms with Crippen LogP contribution in [0.1, 0.15) is 0 Å². The Morgan fingerprint density at radius 1 is 0.833 bits per heavy atom. The summed E-state index contributed by atoms with van der Waals surface area (Å²) in [5.74, 6) is 2.80. The van der Waals surface area contributed by atoms with Crippen LogP contribution in [0.5, 0.6) is 23.0 Å². The van der Waals surface area contributed by atoms with Crippen LogP contribution >= 0.6 is 0 Å². The molecule has 18 heavy (non-hydrogen) atoms. The maximum Gasteiger partial charge on any atom is 0.683 e. The molecule has 0 radical (unpaired) electrons. The fraction of sp³-hybridized carbons (Fsp3) is 0.0769.